The number of carboxylic acid groups (broad SMARTS) is 1. The number of nitrogens with one attached hydrogen (secondary N) is 1. The van der Waals surface area contributed by atoms with Crippen LogP contribution >= 0.6 is 0 Å². The lowest BCUT2D eigenvalue weighted by atomic mass is 10.2. The number of hydrogen-bond donors (Lipinski definition) is 2. The van der Waals surface area contributed by atoms with Crippen molar-refractivity contribution in [2.45, 2.75) is 19.8 Å². The highest BCUT2D eigenvalue weighted by Gasteiger charge is 2.15. The Morgan fingerprint density at radius 3 is 2.79 bits per heavy atom. The average molecular weight is 324 g/mol. The van der Waals surface area contributed by atoms with Gasteiger partial charge in [0.2, 0.25) is 0 Å². The van der Waals surface area contributed by atoms with Gasteiger partial charge in [-0.05, 0) is 36.8 Å². The summed E-state index contributed by atoms with van der Waals surface area (Å²) in [4.78, 5) is 23.6. The molecule has 2 aromatic heterocycles. The van der Waals surface area contributed by atoms with Crippen molar-refractivity contribution in [3.05, 3.63) is 59.5 Å². The molecule has 0 aliphatic rings. The van der Waals surface area contributed by atoms with Crippen LogP contribution in [0.5, 0.6) is 0 Å². The predicted molar refractivity (Wildman–Crippen MR) is 88.3 cm³/mol. The summed E-state index contributed by atoms with van der Waals surface area (Å²) in [6, 6.07) is 9.52. The highest BCUT2D eigenvalue weighted by Crippen LogP contribution is 2.16. The first-order chi connectivity index (χ1) is 11.6. The Bertz CT molecular complexity index is 917. The first-order valence-electron chi connectivity index (χ1n) is 7.57. The number of carbonyl (C=O) groups is 2. The normalized spacial score (nSPS) is 10.7. The number of benzene rings is 1. The maximum atomic E-state index is 12.5. The monoisotopic (exact) mass is 324 g/mol. The summed E-state index contributed by atoms with van der Waals surface area (Å²) >= 11 is 0. The molecule has 3 aromatic rings. The molecule has 122 valence electrons. The summed E-state index contributed by atoms with van der Waals surface area (Å²) in [7, 11) is 0. The lowest BCUT2D eigenvalue weighted by Gasteiger charge is -2.07. The Balaban J connectivity index is 1.92. The van der Waals surface area contributed by atoms with Gasteiger partial charge in [-0.3, -0.25) is 9.20 Å². The zero-order valence-corrected chi connectivity index (χ0v) is 13.1. The number of carboxylic acids is 1. The highest BCUT2D eigenvalue weighted by molar-refractivity contribution is 6.08. The molecule has 0 fully saturated rings. The first kappa shape index (κ1) is 15.7. The quantitative estimate of drug-likeness (QED) is 0.752. The van der Waals surface area contributed by atoms with Crippen molar-refractivity contribution in [2.24, 2.45) is 0 Å². The minimum Gasteiger partial charge on any atom is -0.478 e. The fraction of sp³-hybridized carbons (Fsp3) is 0.176. The molecule has 24 heavy (non-hydrogen) atoms. The second-order valence-corrected chi connectivity index (χ2v) is 5.32. The van der Waals surface area contributed by atoms with Crippen LogP contribution in [0.15, 0.2) is 42.6 Å². The van der Waals surface area contributed by atoms with Crippen LogP contribution in [0.3, 0.4) is 0 Å². The summed E-state index contributed by atoms with van der Waals surface area (Å²) in [5, 5.41) is 20.0. The van der Waals surface area contributed by atoms with E-state index >= 15 is 0 Å². The third kappa shape index (κ3) is 2.96. The number of anilines is 1. The molecular formula is C17H16N4O3. The number of aryl methyl sites for hydroxylation is 1. The smallest absolute Gasteiger partial charge is 0.335 e. The standard InChI is InChI=1S/C17H16N4O3/c1-2-5-14-19-20-15-13(8-4-9-21(14)15)16(22)18-12-7-3-6-11(10-12)17(23)24/h3-4,6-10H,2,5H2,1H3,(H,18,22)(H,23,24). The molecule has 0 saturated heterocycles. The molecule has 0 bridgehead atoms. The predicted octanol–water partition coefficient (Wildman–Crippen LogP) is 2.63. The van der Waals surface area contributed by atoms with Crippen molar-refractivity contribution >= 4 is 23.2 Å². The molecule has 1 amide bonds. The second kappa shape index (κ2) is 6.49. The van der Waals surface area contributed by atoms with Crippen LogP contribution in [0.4, 0.5) is 5.69 Å². The lowest BCUT2D eigenvalue weighted by Crippen LogP contribution is -2.14. The molecule has 3 rings (SSSR count). The number of carbonyl (C=O) groups excluding carboxylic acids is 1. The van der Waals surface area contributed by atoms with Gasteiger partial charge in [-0.2, -0.15) is 0 Å². The molecule has 7 heteroatoms. The topological polar surface area (TPSA) is 96.6 Å². The third-order valence-electron chi connectivity index (χ3n) is 3.59. The van der Waals surface area contributed by atoms with Crippen molar-refractivity contribution in [3.8, 4) is 0 Å². The van der Waals surface area contributed by atoms with Gasteiger partial charge in [-0.25, -0.2) is 4.79 Å². The Hall–Kier alpha value is -3.22. The molecule has 2 N–H and O–H groups in total. The summed E-state index contributed by atoms with van der Waals surface area (Å²) in [6.45, 7) is 2.05. The van der Waals surface area contributed by atoms with E-state index in [0.717, 1.165) is 18.7 Å². The fourth-order valence-electron chi connectivity index (χ4n) is 2.46. The largest absolute Gasteiger partial charge is 0.478 e. The number of aromatic nitrogens is 3. The molecule has 0 radical (unpaired) electrons. The van der Waals surface area contributed by atoms with Crippen LogP contribution in [0.2, 0.25) is 0 Å². The molecular weight excluding hydrogens is 308 g/mol. The van der Waals surface area contributed by atoms with Crippen molar-refractivity contribution in [3.63, 3.8) is 0 Å². The van der Waals surface area contributed by atoms with Crippen LogP contribution < -0.4 is 5.32 Å². The lowest BCUT2D eigenvalue weighted by molar-refractivity contribution is 0.0696. The van der Waals surface area contributed by atoms with Gasteiger partial charge in [0.05, 0.1) is 11.1 Å². The van der Waals surface area contributed by atoms with Crippen molar-refractivity contribution in [1.29, 1.82) is 0 Å². The number of pyridine rings is 1. The van der Waals surface area contributed by atoms with E-state index in [9.17, 15) is 9.59 Å². The Morgan fingerprint density at radius 1 is 1.21 bits per heavy atom. The van der Waals surface area contributed by atoms with E-state index in [0.29, 0.717) is 16.9 Å². The maximum absolute atomic E-state index is 12.5. The minimum atomic E-state index is -1.05. The van der Waals surface area contributed by atoms with Crippen molar-refractivity contribution in [1.82, 2.24) is 14.6 Å². The Labute approximate surface area is 138 Å². The van der Waals surface area contributed by atoms with E-state index < -0.39 is 5.97 Å². The van der Waals surface area contributed by atoms with Gasteiger partial charge in [0.25, 0.3) is 5.91 Å². The summed E-state index contributed by atoms with van der Waals surface area (Å²) < 4.78 is 1.80. The first-order valence-corrected chi connectivity index (χ1v) is 7.57. The Kier molecular flexibility index (Phi) is 4.24. The molecule has 0 unspecified atom stereocenters. The molecule has 7 nitrogen and oxygen atoms in total. The fourth-order valence-corrected chi connectivity index (χ4v) is 2.46. The highest BCUT2D eigenvalue weighted by atomic mass is 16.4. The van der Waals surface area contributed by atoms with Crippen LogP contribution in [0.25, 0.3) is 5.65 Å². The number of fused-ring (bicyclic) bond motifs is 1. The van der Waals surface area contributed by atoms with E-state index in [4.69, 9.17) is 5.11 Å². The van der Waals surface area contributed by atoms with Gasteiger partial charge in [0.1, 0.15) is 5.82 Å². The summed E-state index contributed by atoms with van der Waals surface area (Å²) in [6.07, 6.45) is 3.52. The Morgan fingerprint density at radius 2 is 2.04 bits per heavy atom. The van der Waals surface area contributed by atoms with Gasteiger partial charge in [0, 0.05) is 18.3 Å². The van der Waals surface area contributed by atoms with E-state index in [1.165, 1.54) is 12.1 Å². The van der Waals surface area contributed by atoms with E-state index in [2.05, 4.69) is 15.5 Å². The van der Waals surface area contributed by atoms with Gasteiger partial charge in [-0.1, -0.05) is 13.0 Å². The zero-order chi connectivity index (χ0) is 17.1. The molecule has 0 atom stereocenters. The number of rotatable bonds is 5. The molecule has 0 spiro atoms. The van der Waals surface area contributed by atoms with E-state index in [1.807, 2.05) is 13.1 Å². The third-order valence-corrected chi connectivity index (χ3v) is 3.59. The SMILES string of the molecule is CCCc1nnc2c(C(=O)Nc3cccc(C(=O)O)c3)cccn12. The minimum absolute atomic E-state index is 0.110. The maximum Gasteiger partial charge on any atom is 0.335 e. The van der Waals surface area contributed by atoms with Gasteiger partial charge in [0.15, 0.2) is 5.65 Å². The van der Waals surface area contributed by atoms with Crippen molar-refractivity contribution in [2.75, 3.05) is 5.32 Å². The molecule has 2 heterocycles. The van der Waals surface area contributed by atoms with Crippen LogP contribution in [-0.4, -0.2) is 31.6 Å². The summed E-state index contributed by atoms with van der Waals surface area (Å²) in [5.74, 6) is -0.608. The second-order valence-electron chi connectivity index (χ2n) is 5.32. The number of aromatic carboxylic acids is 1. The average Bonchev–Trinajstić information content (AvgIpc) is 2.98. The van der Waals surface area contributed by atoms with Crippen LogP contribution in [0, 0.1) is 0 Å². The van der Waals surface area contributed by atoms with Gasteiger partial charge < -0.3 is 10.4 Å². The number of nitrogens with zero attached hydrogens (tertiary/aromatic N) is 3. The van der Waals surface area contributed by atoms with Crippen molar-refractivity contribution < 1.29 is 14.7 Å². The molecule has 0 aliphatic heterocycles. The van der Waals surface area contributed by atoms with E-state index in [-0.39, 0.29) is 11.5 Å². The molecule has 0 saturated carbocycles. The molecule has 0 aliphatic carbocycles. The van der Waals surface area contributed by atoms with Crippen LogP contribution in [0.1, 0.15) is 39.9 Å². The number of amides is 1. The molecule has 1 aromatic carbocycles. The van der Waals surface area contributed by atoms with E-state index in [1.54, 1.807) is 28.7 Å². The van der Waals surface area contributed by atoms with Crippen LogP contribution in [-0.2, 0) is 6.42 Å². The van der Waals surface area contributed by atoms with Gasteiger partial charge in [-0.15, -0.1) is 10.2 Å². The zero-order valence-electron chi connectivity index (χ0n) is 13.1. The summed E-state index contributed by atoms with van der Waals surface area (Å²) in [5.41, 5.74) is 1.38. The number of hydrogen-bond acceptors (Lipinski definition) is 4. The van der Waals surface area contributed by atoms with Gasteiger partial charge >= 0.3 is 5.97 Å².